The second-order valence-corrected chi connectivity index (χ2v) is 9.54. The molecule has 2 aromatic carbocycles. The Kier molecular flexibility index (Phi) is 11.9. The Morgan fingerprint density at radius 3 is 2.15 bits per heavy atom. The average Bonchev–Trinajstić information content (AvgIpc) is 2.98. The highest BCUT2D eigenvalue weighted by atomic mass is 19.1. The molecule has 10 nitrogen and oxygen atoms in total. The maximum absolute atomic E-state index is 13.2. The standard InChI is InChI=1S/C29H38FN7O3/c30-24-13-11-22(12-14-24)21-33-28-35-27(36-29(37-28)34-25-9-5-2-6-10-25)32-16-18-40-20-19-39-17-15-31-26(38)23-7-3-1-4-8-23/h1,3-4,7-8,11-14,25H,2,5-6,9-10,15-21H2,(H,31,38)(H3,32,33,34,35,36,37). The molecule has 0 atom stereocenters. The van der Waals surface area contributed by atoms with Crippen LogP contribution in [0.5, 0.6) is 0 Å². The summed E-state index contributed by atoms with van der Waals surface area (Å²) in [7, 11) is 0. The lowest BCUT2D eigenvalue weighted by molar-refractivity contribution is 0.0519. The molecule has 214 valence electrons. The zero-order valence-corrected chi connectivity index (χ0v) is 22.7. The van der Waals surface area contributed by atoms with Gasteiger partial charge in [0.2, 0.25) is 17.8 Å². The largest absolute Gasteiger partial charge is 0.377 e. The van der Waals surface area contributed by atoms with Gasteiger partial charge in [0.05, 0.1) is 26.4 Å². The molecule has 0 aliphatic heterocycles. The Hall–Kier alpha value is -3.83. The Labute approximate surface area is 234 Å². The Bertz CT molecular complexity index is 1160. The summed E-state index contributed by atoms with van der Waals surface area (Å²) in [6.45, 7) is 3.13. The topological polar surface area (TPSA) is 122 Å². The Morgan fingerprint density at radius 2 is 1.43 bits per heavy atom. The SMILES string of the molecule is O=C(NCCOCCOCCNc1nc(NCc2ccc(F)cc2)nc(NC2CCCCC2)n1)c1ccccc1. The predicted octanol–water partition coefficient (Wildman–Crippen LogP) is 4.24. The van der Waals surface area contributed by atoms with Gasteiger partial charge in [0.25, 0.3) is 5.91 Å². The van der Waals surface area contributed by atoms with Crippen molar-refractivity contribution in [2.45, 2.75) is 44.7 Å². The van der Waals surface area contributed by atoms with Crippen molar-refractivity contribution in [3.05, 3.63) is 71.5 Å². The van der Waals surface area contributed by atoms with Gasteiger partial charge in [-0.15, -0.1) is 0 Å². The molecule has 1 amide bonds. The van der Waals surface area contributed by atoms with Crippen molar-refractivity contribution in [3.63, 3.8) is 0 Å². The molecule has 0 unspecified atom stereocenters. The van der Waals surface area contributed by atoms with Crippen LogP contribution in [0, 0.1) is 5.82 Å². The van der Waals surface area contributed by atoms with Crippen LogP contribution in [0.3, 0.4) is 0 Å². The van der Waals surface area contributed by atoms with Crippen LogP contribution < -0.4 is 21.3 Å². The van der Waals surface area contributed by atoms with Crippen LogP contribution >= 0.6 is 0 Å². The fourth-order valence-electron chi connectivity index (χ4n) is 4.30. The number of ether oxygens (including phenoxy) is 2. The van der Waals surface area contributed by atoms with Gasteiger partial charge in [0, 0.05) is 31.2 Å². The number of nitrogens with zero attached hydrogens (tertiary/aromatic N) is 3. The first-order chi connectivity index (χ1) is 19.7. The molecule has 3 aromatic rings. The van der Waals surface area contributed by atoms with Crippen molar-refractivity contribution in [2.24, 2.45) is 0 Å². The highest BCUT2D eigenvalue weighted by molar-refractivity contribution is 5.94. The number of aromatic nitrogens is 3. The van der Waals surface area contributed by atoms with E-state index >= 15 is 0 Å². The molecule has 1 aliphatic rings. The fraction of sp³-hybridized carbons (Fsp3) is 0.448. The molecule has 4 rings (SSSR count). The van der Waals surface area contributed by atoms with E-state index in [9.17, 15) is 9.18 Å². The van der Waals surface area contributed by atoms with Crippen molar-refractivity contribution in [1.29, 1.82) is 0 Å². The van der Waals surface area contributed by atoms with Crippen molar-refractivity contribution in [1.82, 2.24) is 20.3 Å². The van der Waals surface area contributed by atoms with E-state index < -0.39 is 0 Å². The van der Waals surface area contributed by atoms with Crippen LogP contribution in [0.2, 0.25) is 0 Å². The summed E-state index contributed by atoms with van der Waals surface area (Å²) in [4.78, 5) is 25.6. The summed E-state index contributed by atoms with van der Waals surface area (Å²) in [5.41, 5.74) is 1.55. The number of hydrogen-bond donors (Lipinski definition) is 4. The molecule has 0 saturated heterocycles. The summed E-state index contributed by atoms with van der Waals surface area (Å²) < 4.78 is 24.4. The second kappa shape index (κ2) is 16.3. The zero-order valence-electron chi connectivity index (χ0n) is 22.7. The van der Waals surface area contributed by atoms with Crippen LogP contribution in [0.15, 0.2) is 54.6 Å². The van der Waals surface area contributed by atoms with E-state index in [4.69, 9.17) is 9.47 Å². The van der Waals surface area contributed by atoms with E-state index in [1.165, 1.54) is 31.4 Å². The van der Waals surface area contributed by atoms with Gasteiger partial charge in [0.15, 0.2) is 0 Å². The first-order valence-corrected chi connectivity index (χ1v) is 13.9. The minimum absolute atomic E-state index is 0.115. The number of carbonyl (C=O) groups excluding carboxylic acids is 1. The quantitative estimate of drug-likeness (QED) is 0.194. The molecule has 1 aliphatic carbocycles. The summed E-state index contributed by atoms with van der Waals surface area (Å²) in [5, 5.41) is 12.7. The number of nitrogens with one attached hydrogen (secondary N) is 4. The number of amides is 1. The normalized spacial score (nSPS) is 13.5. The number of hydrogen-bond acceptors (Lipinski definition) is 9. The highest BCUT2D eigenvalue weighted by Gasteiger charge is 2.15. The Balaban J connectivity index is 1.16. The molecular formula is C29H38FN7O3. The van der Waals surface area contributed by atoms with E-state index in [-0.39, 0.29) is 11.7 Å². The second-order valence-electron chi connectivity index (χ2n) is 9.54. The third kappa shape index (κ3) is 10.4. The van der Waals surface area contributed by atoms with E-state index in [2.05, 4.69) is 36.2 Å². The number of halogens is 1. The van der Waals surface area contributed by atoms with Gasteiger partial charge in [-0.25, -0.2) is 4.39 Å². The van der Waals surface area contributed by atoms with Gasteiger partial charge < -0.3 is 30.7 Å². The lowest BCUT2D eigenvalue weighted by Gasteiger charge is -2.23. The number of carbonyl (C=O) groups is 1. The Morgan fingerprint density at radius 1 is 0.775 bits per heavy atom. The minimum atomic E-state index is -0.268. The maximum Gasteiger partial charge on any atom is 0.251 e. The summed E-state index contributed by atoms with van der Waals surface area (Å²) in [6.07, 6.45) is 5.87. The average molecular weight is 552 g/mol. The minimum Gasteiger partial charge on any atom is -0.377 e. The van der Waals surface area contributed by atoms with Crippen LogP contribution in [0.25, 0.3) is 0 Å². The highest BCUT2D eigenvalue weighted by Crippen LogP contribution is 2.21. The van der Waals surface area contributed by atoms with E-state index in [0.29, 0.717) is 75.5 Å². The van der Waals surface area contributed by atoms with Gasteiger partial charge in [-0.3, -0.25) is 4.79 Å². The molecule has 1 fully saturated rings. The van der Waals surface area contributed by atoms with Gasteiger partial charge in [-0.1, -0.05) is 49.6 Å². The lowest BCUT2D eigenvalue weighted by Crippen LogP contribution is -2.27. The molecule has 0 spiro atoms. The number of anilines is 3. The van der Waals surface area contributed by atoms with Gasteiger partial charge in [0.1, 0.15) is 5.82 Å². The zero-order chi connectivity index (χ0) is 27.8. The molecule has 0 radical (unpaired) electrons. The monoisotopic (exact) mass is 551 g/mol. The van der Waals surface area contributed by atoms with Crippen LogP contribution in [-0.2, 0) is 16.0 Å². The molecule has 1 saturated carbocycles. The summed E-state index contributed by atoms with van der Waals surface area (Å²) >= 11 is 0. The van der Waals surface area contributed by atoms with Gasteiger partial charge >= 0.3 is 0 Å². The molecule has 11 heteroatoms. The lowest BCUT2D eigenvalue weighted by atomic mass is 9.96. The van der Waals surface area contributed by atoms with Crippen molar-refractivity contribution < 1.29 is 18.7 Å². The number of rotatable bonds is 16. The van der Waals surface area contributed by atoms with E-state index in [0.717, 1.165) is 18.4 Å². The number of benzene rings is 2. The molecule has 0 bridgehead atoms. The third-order valence-electron chi connectivity index (χ3n) is 6.41. The van der Waals surface area contributed by atoms with Crippen molar-refractivity contribution in [2.75, 3.05) is 55.5 Å². The summed E-state index contributed by atoms with van der Waals surface area (Å²) in [5.74, 6) is 1.03. The molecule has 1 aromatic heterocycles. The van der Waals surface area contributed by atoms with Gasteiger partial charge in [-0.05, 0) is 42.7 Å². The summed E-state index contributed by atoms with van der Waals surface area (Å²) in [6, 6.07) is 15.8. The van der Waals surface area contributed by atoms with Crippen molar-refractivity contribution in [3.8, 4) is 0 Å². The predicted molar refractivity (Wildman–Crippen MR) is 153 cm³/mol. The van der Waals surface area contributed by atoms with Crippen LogP contribution in [0.4, 0.5) is 22.2 Å². The van der Waals surface area contributed by atoms with Crippen LogP contribution in [-0.4, -0.2) is 66.4 Å². The van der Waals surface area contributed by atoms with E-state index in [1.54, 1.807) is 24.3 Å². The van der Waals surface area contributed by atoms with Crippen LogP contribution in [0.1, 0.15) is 48.0 Å². The smallest absolute Gasteiger partial charge is 0.251 e. The van der Waals surface area contributed by atoms with E-state index in [1.807, 2.05) is 18.2 Å². The molecule has 40 heavy (non-hydrogen) atoms. The fourth-order valence-corrected chi connectivity index (χ4v) is 4.30. The van der Waals surface area contributed by atoms with Crippen molar-refractivity contribution >= 4 is 23.8 Å². The molecule has 1 heterocycles. The van der Waals surface area contributed by atoms with Gasteiger partial charge in [-0.2, -0.15) is 15.0 Å². The molecular weight excluding hydrogens is 513 g/mol. The first kappa shape index (κ1) is 29.2. The third-order valence-corrected chi connectivity index (χ3v) is 6.41. The first-order valence-electron chi connectivity index (χ1n) is 13.9. The molecule has 4 N–H and O–H groups in total. The maximum atomic E-state index is 13.2.